The van der Waals surface area contributed by atoms with Crippen molar-refractivity contribution in [2.75, 3.05) is 0 Å². The van der Waals surface area contributed by atoms with Crippen LogP contribution < -0.4 is 4.72 Å². The van der Waals surface area contributed by atoms with Gasteiger partial charge in [0.2, 0.25) is 10.0 Å². The van der Waals surface area contributed by atoms with Crippen LogP contribution >= 0.6 is 23.2 Å². The maximum atomic E-state index is 12.2. The molecule has 1 fully saturated rings. The lowest BCUT2D eigenvalue weighted by molar-refractivity contribution is 0.281. The molecule has 0 saturated heterocycles. The predicted molar refractivity (Wildman–Crippen MR) is 74.9 cm³/mol. The Balaban J connectivity index is 2.31. The van der Waals surface area contributed by atoms with Gasteiger partial charge >= 0.3 is 0 Å². The summed E-state index contributed by atoms with van der Waals surface area (Å²) in [6, 6.07) is 2.77. The van der Waals surface area contributed by atoms with Crippen LogP contribution in [0.2, 0.25) is 10.0 Å². The SMILES string of the molecule is CCC1CC1NS(=O)(=O)c1ccc(Cl)c(CO)c1Cl. The van der Waals surface area contributed by atoms with Gasteiger partial charge in [-0.3, -0.25) is 0 Å². The molecule has 1 aliphatic carbocycles. The van der Waals surface area contributed by atoms with Crippen molar-refractivity contribution in [2.45, 2.75) is 37.3 Å². The van der Waals surface area contributed by atoms with Gasteiger partial charge in [0, 0.05) is 16.6 Å². The molecule has 1 saturated carbocycles. The Bertz CT molecular complexity index is 589. The average Bonchev–Trinajstić information content (AvgIpc) is 3.06. The third-order valence-corrected chi connectivity index (χ3v) is 5.78. The molecule has 2 unspecified atom stereocenters. The van der Waals surface area contributed by atoms with Crippen molar-refractivity contribution in [3.8, 4) is 0 Å². The van der Waals surface area contributed by atoms with Gasteiger partial charge in [0.1, 0.15) is 4.90 Å². The van der Waals surface area contributed by atoms with Gasteiger partial charge in [-0.05, 0) is 24.5 Å². The minimum Gasteiger partial charge on any atom is -0.392 e. The van der Waals surface area contributed by atoms with E-state index in [0.29, 0.717) is 5.92 Å². The molecule has 1 aromatic carbocycles. The summed E-state index contributed by atoms with van der Waals surface area (Å²) in [6.07, 6.45) is 1.80. The van der Waals surface area contributed by atoms with E-state index in [2.05, 4.69) is 4.72 Å². The minimum atomic E-state index is -3.67. The second-order valence-electron chi connectivity index (χ2n) is 4.63. The molecule has 0 spiro atoms. The fourth-order valence-electron chi connectivity index (χ4n) is 2.03. The van der Waals surface area contributed by atoms with E-state index in [-0.39, 0.29) is 26.5 Å². The number of sulfonamides is 1. The van der Waals surface area contributed by atoms with E-state index in [1.165, 1.54) is 12.1 Å². The number of halogens is 2. The Hall–Kier alpha value is -0.330. The molecular formula is C12H15Cl2NO3S. The van der Waals surface area contributed by atoms with Gasteiger partial charge in [-0.15, -0.1) is 0 Å². The Morgan fingerprint density at radius 2 is 2.11 bits per heavy atom. The van der Waals surface area contributed by atoms with Gasteiger partial charge in [-0.25, -0.2) is 13.1 Å². The Morgan fingerprint density at radius 3 is 2.63 bits per heavy atom. The Kier molecular flexibility index (Phi) is 4.42. The highest BCUT2D eigenvalue weighted by atomic mass is 35.5. The number of hydrogen-bond acceptors (Lipinski definition) is 3. The van der Waals surface area contributed by atoms with Crippen molar-refractivity contribution in [2.24, 2.45) is 5.92 Å². The zero-order valence-electron chi connectivity index (χ0n) is 10.4. The van der Waals surface area contributed by atoms with Crippen molar-refractivity contribution < 1.29 is 13.5 Å². The van der Waals surface area contributed by atoms with Gasteiger partial charge in [-0.1, -0.05) is 36.5 Å². The first-order chi connectivity index (χ1) is 8.90. The van der Waals surface area contributed by atoms with Crippen LogP contribution in [-0.4, -0.2) is 19.6 Å². The fraction of sp³-hybridized carbons (Fsp3) is 0.500. The Labute approximate surface area is 122 Å². The van der Waals surface area contributed by atoms with Crippen LogP contribution in [0, 0.1) is 5.92 Å². The first-order valence-electron chi connectivity index (χ1n) is 6.00. The summed E-state index contributed by atoms with van der Waals surface area (Å²) >= 11 is 11.9. The lowest BCUT2D eigenvalue weighted by atomic mass is 10.2. The van der Waals surface area contributed by atoms with E-state index in [4.69, 9.17) is 23.2 Å². The number of nitrogens with one attached hydrogen (secondary N) is 1. The molecule has 2 N–H and O–H groups in total. The van der Waals surface area contributed by atoms with Crippen LogP contribution in [0.25, 0.3) is 0 Å². The van der Waals surface area contributed by atoms with Gasteiger partial charge in [0.05, 0.1) is 11.6 Å². The van der Waals surface area contributed by atoms with Crippen LogP contribution in [0.5, 0.6) is 0 Å². The molecule has 1 aliphatic rings. The zero-order chi connectivity index (χ0) is 14.2. The Morgan fingerprint density at radius 1 is 1.42 bits per heavy atom. The standard InChI is InChI=1S/C12H15Cl2NO3S/c1-2-7-5-10(7)15-19(17,18)11-4-3-9(13)8(6-16)12(11)14/h3-4,7,10,15-16H,2,5-6H2,1H3. The number of aliphatic hydroxyl groups is 1. The highest BCUT2D eigenvalue weighted by Crippen LogP contribution is 2.36. The largest absolute Gasteiger partial charge is 0.392 e. The monoisotopic (exact) mass is 323 g/mol. The smallest absolute Gasteiger partial charge is 0.242 e. The van der Waals surface area contributed by atoms with E-state index in [1.54, 1.807) is 0 Å². The normalized spacial score (nSPS) is 22.5. The topological polar surface area (TPSA) is 66.4 Å². The van der Waals surface area contributed by atoms with Crippen molar-refractivity contribution >= 4 is 33.2 Å². The molecule has 0 amide bonds. The summed E-state index contributed by atoms with van der Waals surface area (Å²) in [4.78, 5) is -0.0376. The second-order valence-corrected chi connectivity index (χ2v) is 7.10. The number of aliphatic hydroxyl groups excluding tert-OH is 1. The van der Waals surface area contributed by atoms with Gasteiger partial charge in [0.15, 0.2) is 0 Å². The molecule has 0 heterocycles. The third-order valence-electron chi connectivity index (χ3n) is 3.35. The highest BCUT2D eigenvalue weighted by molar-refractivity contribution is 7.89. The first-order valence-corrected chi connectivity index (χ1v) is 8.24. The molecular weight excluding hydrogens is 309 g/mol. The summed E-state index contributed by atoms with van der Waals surface area (Å²) in [6.45, 7) is 1.63. The maximum Gasteiger partial charge on any atom is 0.242 e. The van der Waals surface area contributed by atoms with Crippen LogP contribution in [0.4, 0.5) is 0 Å². The molecule has 106 valence electrons. The lowest BCUT2D eigenvalue weighted by Gasteiger charge is -2.11. The molecule has 2 atom stereocenters. The van der Waals surface area contributed by atoms with Crippen molar-refractivity contribution in [1.82, 2.24) is 4.72 Å². The van der Waals surface area contributed by atoms with Crippen LogP contribution in [0.3, 0.4) is 0 Å². The van der Waals surface area contributed by atoms with E-state index < -0.39 is 16.6 Å². The second kappa shape index (κ2) is 5.58. The number of hydrogen-bond donors (Lipinski definition) is 2. The highest BCUT2D eigenvalue weighted by Gasteiger charge is 2.39. The summed E-state index contributed by atoms with van der Waals surface area (Å²) < 4.78 is 27.1. The quantitative estimate of drug-likeness (QED) is 0.875. The lowest BCUT2D eigenvalue weighted by Crippen LogP contribution is -2.27. The molecule has 19 heavy (non-hydrogen) atoms. The predicted octanol–water partition coefficient (Wildman–Crippen LogP) is 2.56. The van der Waals surface area contributed by atoms with Crippen LogP contribution in [-0.2, 0) is 16.6 Å². The summed E-state index contributed by atoms with van der Waals surface area (Å²) in [5.74, 6) is 0.401. The van der Waals surface area contributed by atoms with Gasteiger partial charge in [-0.2, -0.15) is 0 Å². The molecule has 4 nitrogen and oxygen atoms in total. The fourth-order valence-corrected chi connectivity index (χ4v) is 4.25. The summed E-state index contributed by atoms with van der Waals surface area (Å²) in [7, 11) is -3.67. The molecule has 2 rings (SSSR count). The van der Waals surface area contributed by atoms with Gasteiger partial charge in [0.25, 0.3) is 0 Å². The first kappa shape index (κ1) is 15.1. The van der Waals surface area contributed by atoms with Crippen molar-refractivity contribution in [1.29, 1.82) is 0 Å². The van der Waals surface area contributed by atoms with Crippen molar-refractivity contribution in [3.05, 3.63) is 27.7 Å². The van der Waals surface area contributed by atoms with Crippen LogP contribution in [0.15, 0.2) is 17.0 Å². The summed E-state index contributed by atoms with van der Waals surface area (Å²) in [5.41, 5.74) is 0.231. The number of benzene rings is 1. The van der Waals surface area contributed by atoms with E-state index in [0.717, 1.165) is 12.8 Å². The molecule has 7 heteroatoms. The number of rotatable bonds is 5. The van der Waals surface area contributed by atoms with E-state index >= 15 is 0 Å². The van der Waals surface area contributed by atoms with E-state index in [9.17, 15) is 13.5 Å². The van der Waals surface area contributed by atoms with Gasteiger partial charge < -0.3 is 5.11 Å². The zero-order valence-corrected chi connectivity index (χ0v) is 12.7. The molecule has 0 radical (unpaired) electrons. The van der Waals surface area contributed by atoms with Crippen LogP contribution in [0.1, 0.15) is 25.3 Å². The average molecular weight is 324 g/mol. The minimum absolute atomic E-state index is 0.0145. The molecule has 1 aromatic rings. The molecule has 0 aromatic heterocycles. The third kappa shape index (κ3) is 3.06. The van der Waals surface area contributed by atoms with Crippen molar-refractivity contribution in [3.63, 3.8) is 0 Å². The van der Waals surface area contributed by atoms with E-state index in [1.807, 2.05) is 6.92 Å². The molecule has 0 aliphatic heterocycles. The summed E-state index contributed by atoms with van der Waals surface area (Å²) in [5, 5.41) is 9.42. The molecule has 0 bridgehead atoms. The maximum absolute atomic E-state index is 12.2.